The van der Waals surface area contributed by atoms with Crippen LogP contribution in [-0.2, 0) is 11.3 Å². The Balaban J connectivity index is 0.00000324. The zero-order valence-electron chi connectivity index (χ0n) is 10.9. The van der Waals surface area contributed by atoms with E-state index < -0.39 is 5.91 Å². The van der Waals surface area contributed by atoms with Gasteiger partial charge in [0.2, 0.25) is 11.8 Å². The van der Waals surface area contributed by atoms with Crippen LogP contribution >= 0.6 is 12.4 Å². The third-order valence-electron chi connectivity index (χ3n) is 2.56. The molecule has 106 valence electrons. The van der Waals surface area contributed by atoms with Crippen molar-refractivity contribution in [3.05, 3.63) is 35.4 Å². The minimum absolute atomic E-state index is 0. The lowest BCUT2D eigenvalue weighted by Gasteiger charge is -2.05. The van der Waals surface area contributed by atoms with Gasteiger partial charge in [-0.15, -0.1) is 12.4 Å². The van der Waals surface area contributed by atoms with Gasteiger partial charge in [0, 0.05) is 18.5 Å². The van der Waals surface area contributed by atoms with E-state index in [9.17, 15) is 9.59 Å². The van der Waals surface area contributed by atoms with Crippen molar-refractivity contribution in [3.63, 3.8) is 0 Å². The van der Waals surface area contributed by atoms with Gasteiger partial charge in [-0.2, -0.15) is 0 Å². The molecule has 1 rings (SSSR count). The van der Waals surface area contributed by atoms with Crippen LogP contribution in [-0.4, -0.2) is 25.4 Å². The third kappa shape index (κ3) is 6.79. The van der Waals surface area contributed by atoms with E-state index in [1.165, 1.54) is 0 Å². The lowest BCUT2D eigenvalue weighted by molar-refractivity contribution is -0.121. The highest BCUT2D eigenvalue weighted by Gasteiger charge is 2.02. The molecular formula is C13H20ClN3O2. The van der Waals surface area contributed by atoms with Gasteiger partial charge in [-0.05, 0) is 37.7 Å². The summed E-state index contributed by atoms with van der Waals surface area (Å²) < 4.78 is 0. The summed E-state index contributed by atoms with van der Waals surface area (Å²) >= 11 is 0. The minimum Gasteiger partial charge on any atom is -0.366 e. The summed E-state index contributed by atoms with van der Waals surface area (Å²) in [5, 5.41) is 5.81. The quantitative estimate of drug-likeness (QED) is 0.649. The van der Waals surface area contributed by atoms with Crippen molar-refractivity contribution >= 4 is 24.2 Å². The van der Waals surface area contributed by atoms with Crippen LogP contribution in [0.15, 0.2) is 24.3 Å². The summed E-state index contributed by atoms with van der Waals surface area (Å²) in [7, 11) is 1.86. The average molecular weight is 286 g/mol. The number of amides is 2. The van der Waals surface area contributed by atoms with Crippen molar-refractivity contribution in [3.8, 4) is 0 Å². The predicted molar refractivity (Wildman–Crippen MR) is 77.2 cm³/mol. The van der Waals surface area contributed by atoms with Gasteiger partial charge in [-0.1, -0.05) is 12.1 Å². The molecule has 5 nitrogen and oxygen atoms in total. The fourth-order valence-electron chi connectivity index (χ4n) is 1.50. The van der Waals surface area contributed by atoms with E-state index >= 15 is 0 Å². The van der Waals surface area contributed by atoms with Crippen LogP contribution in [0.4, 0.5) is 0 Å². The fraction of sp³-hybridized carbons (Fsp3) is 0.385. The number of nitrogens with one attached hydrogen (secondary N) is 2. The van der Waals surface area contributed by atoms with Crippen LogP contribution in [0, 0.1) is 0 Å². The first-order valence-corrected chi connectivity index (χ1v) is 5.93. The molecule has 2 amide bonds. The van der Waals surface area contributed by atoms with Crippen LogP contribution in [0.2, 0.25) is 0 Å². The number of carbonyl (C=O) groups is 2. The smallest absolute Gasteiger partial charge is 0.248 e. The monoisotopic (exact) mass is 285 g/mol. The second-order valence-corrected chi connectivity index (χ2v) is 4.05. The number of nitrogens with two attached hydrogens (primary N) is 1. The Morgan fingerprint density at radius 1 is 1.21 bits per heavy atom. The normalized spacial score (nSPS) is 9.53. The molecule has 0 spiro atoms. The fourth-order valence-corrected chi connectivity index (χ4v) is 1.50. The van der Waals surface area contributed by atoms with Crippen LogP contribution in [0.1, 0.15) is 28.8 Å². The van der Waals surface area contributed by atoms with Crippen molar-refractivity contribution in [2.24, 2.45) is 5.73 Å². The number of hydrogen-bond donors (Lipinski definition) is 3. The Kier molecular flexibility index (Phi) is 8.57. The molecule has 0 saturated heterocycles. The molecule has 0 heterocycles. The number of benzene rings is 1. The summed E-state index contributed by atoms with van der Waals surface area (Å²) in [5.74, 6) is -0.415. The van der Waals surface area contributed by atoms with Gasteiger partial charge in [0.05, 0.1) is 0 Å². The summed E-state index contributed by atoms with van der Waals surface area (Å²) in [4.78, 5) is 22.3. The molecule has 0 radical (unpaired) electrons. The van der Waals surface area contributed by atoms with Gasteiger partial charge in [0.25, 0.3) is 0 Å². The Hall–Kier alpha value is -1.59. The average Bonchev–Trinajstić information content (AvgIpc) is 2.37. The largest absolute Gasteiger partial charge is 0.366 e. The number of carbonyl (C=O) groups excluding carboxylic acids is 2. The van der Waals surface area contributed by atoms with Gasteiger partial charge < -0.3 is 16.4 Å². The molecule has 6 heteroatoms. The topological polar surface area (TPSA) is 84.2 Å². The van der Waals surface area contributed by atoms with Gasteiger partial charge >= 0.3 is 0 Å². The first-order chi connectivity index (χ1) is 8.63. The van der Waals surface area contributed by atoms with E-state index in [0.29, 0.717) is 18.5 Å². The molecule has 19 heavy (non-hydrogen) atoms. The molecule has 1 aromatic rings. The number of halogens is 1. The molecule has 0 aromatic heterocycles. The Labute approximate surface area is 119 Å². The summed E-state index contributed by atoms with van der Waals surface area (Å²) in [6, 6.07) is 6.89. The molecule has 0 atom stereocenters. The zero-order valence-corrected chi connectivity index (χ0v) is 11.8. The van der Waals surface area contributed by atoms with Gasteiger partial charge in [0.1, 0.15) is 0 Å². The van der Waals surface area contributed by atoms with Crippen LogP contribution in [0.5, 0.6) is 0 Å². The van der Waals surface area contributed by atoms with Crippen LogP contribution < -0.4 is 16.4 Å². The molecule has 0 unspecified atom stereocenters. The summed E-state index contributed by atoms with van der Waals surface area (Å²) in [5.41, 5.74) is 6.56. The Bertz CT molecular complexity index is 407. The molecule has 1 aromatic carbocycles. The van der Waals surface area contributed by atoms with E-state index in [0.717, 1.165) is 18.5 Å². The third-order valence-corrected chi connectivity index (χ3v) is 2.56. The number of hydrogen-bond acceptors (Lipinski definition) is 3. The van der Waals surface area contributed by atoms with Crippen molar-refractivity contribution in [2.75, 3.05) is 13.6 Å². The second-order valence-electron chi connectivity index (χ2n) is 4.05. The molecule has 0 bridgehead atoms. The second kappa shape index (κ2) is 9.35. The van der Waals surface area contributed by atoms with E-state index in [4.69, 9.17) is 5.73 Å². The molecular weight excluding hydrogens is 266 g/mol. The van der Waals surface area contributed by atoms with Gasteiger partial charge in [-0.25, -0.2) is 0 Å². The van der Waals surface area contributed by atoms with E-state index in [1.54, 1.807) is 24.3 Å². The maximum Gasteiger partial charge on any atom is 0.248 e. The van der Waals surface area contributed by atoms with Crippen LogP contribution in [0.25, 0.3) is 0 Å². The highest BCUT2D eigenvalue weighted by molar-refractivity contribution is 5.92. The predicted octanol–water partition coefficient (Wildman–Crippen LogP) is 0.823. The lowest BCUT2D eigenvalue weighted by Crippen LogP contribution is -2.23. The maximum absolute atomic E-state index is 11.5. The summed E-state index contributed by atoms with van der Waals surface area (Å²) in [6.07, 6.45) is 1.34. The van der Waals surface area contributed by atoms with E-state index in [1.807, 2.05) is 7.05 Å². The SMILES string of the molecule is CNCCCC(=O)NCc1ccc(C(N)=O)cc1.Cl. The number of rotatable bonds is 7. The number of primary amides is 1. The highest BCUT2D eigenvalue weighted by Crippen LogP contribution is 2.03. The van der Waals surface area contributed by atoms with E-state index in [2.05, 4.69) is 10.6 Å². The van der Waals surface area contributed by atoms with Crippen molar-refractivity contribution in [2.45, 2.75) is 19.4 Å². The van der Waals surface area contributed by atoms with E-state index in [-0.39, 0.29) is 18.3 Å². The first kappa shape index (κ1) is 17.4. The zero-order chi connectivity index (χ0) is 13.4. The Morgan fingerprint density at radius 2 is 1.84 bits per heavy atom. The molecule has 0 aliphatic rings. The maximum atomic E-state index is 11.5. The summed E-state index contributed by atoms with van der Waals surface area (Å²) in [6.45, 7) is 1.30. The van der Waals surface area contributed by atoms with Crippen molar-refractivity contribution in [1.29, 1.82) is 0 Å². The lowest BCUT2D eigenvalue weighted by atomic mass is 10.1. The minimum atomic E-state index is -0.447. The molecule has 0 aliphatic carbocycles. The molecule has 0 aliphatic heterocycles. The molecule has 4 N–H and O–H groups in total. The Morgan fingerprint density at radius 3 is 2.37 bits per heavy atom. The van der Waals surface area contributed by atoms with Gasteiger partial charge in [0.15, 0.2) is 0 Å². The van der Waals surface area contributed by atoms with Crippen LogP contribution in [0.3, 0.4) is 0 Å². The highest BCUT2D eigenvalue weighted by atomic mass is 35.5. The van der Waals surface area contributed by atoms with Gasteiger partial charge in [-0.3, -0.25) is 9.59 Å². The van der Waals surface area contributed by atoms with Crippen molar-refractivity contribution in [1.82, 2.24) is 10.6 Å². The first-order valence-electron chi connectivity index (χ1n) is 5.93. The molecule has 0 fully saturated rings. The van der Waals surface area contributed by atoms with Crippen molar-refractivity contribution < 1.29 is 9.59 Å². The standard InChI is InChI=1S/C13H19N3O2.ClH/c1-15-8-2-3-12(17)16-9-10-4-6-11(7-5-10)13(14)18;/h4-7,15H,2-3,8-9H2,1H3,(H2,14,18)(H,16,17);1H. The molecule has 0 saturated carbocycles.